The summed E-state index contributed by atoms with van der Waals surface area (Å²) in [6.45, 7) is 6.80. The van der Waals surface area contributed by atoms with Crippen molar-refractivity contribution in [1.82, 2.24) is 30.1 Å². The fraction of sp³-hybridized carbons (Fsp3) is 0.476. The molecule has 0 amide bonds. The second-order valence-electron chi connectivity index (χ2n) is 7.22. The summed E-state index contributed by atoms with van der Waals surface area (Å²) < 4.78 is 2.03. The summed E-state index contributed by atoms with van der Waals surface area (Å²) in [5.74, 6) is 1.82. The van der Waals surface area contributed by atoms with E-state index in [1.807, 2.05) is 40.1 Å². The SMILES string of the molecule is CCNC(=NCC(c1cccs1)N1CCCC1)NCCc1nnc2ccccn12. The van der Waals surface area contributed by atoms with Gasteiger partial charge in [-0.15, -0.1) is 21.5 Å². The predicted octanol–water partition coefficient (Wildman–Crippen LogP) is 2.73. The van der Waals surface area contributed by atoms with Crippen molar-refractivity contribution < 1.29 is 0 Å². The molecule has 0 saturated carbocycles. The minimum absolute atomic E-state index is 0.369. The number of guanidine groups is 1. The Bertz CT molecular complexity index is 912. The van der Waals surface area contributed by atoms with Crippen LogP contribution < -0.4 is 10.6 Å². The first kappa shape index (κ1) is 19.8. The zero-order valence-electron chi connectivity index (χ0n) is 16.9. The number of pyridine rings is 1. The quantitative estimate of drug-likeness (QED) is 0.441. The lowest BCUT2D eigenvalue weighted by molar-refractivity contribution is 0.255. The molecule has 4 heterocycles. The number of rotatable bonds is 8. The second kappa shape index (κ2) is 9.84. The van der Waals surface area contributed by atoms with Crippen LogP contribution in [0.3, 0.4) is 0 Å². The smallest absolute Gasteiger partial charge is 0.191 e. The molecule has 1 saturated heterocycles. The molecule has 3 aromatic rings. The van der Waals surface area contributed by atoms with Gasteiger partial charge in [-0.1, -0.05) is 12.1 Å². The molecular formula is C21H29N7S. The van der Waals surface area contributed by atoms with Crippen LogP contribution in [0.1, 0.15) is 36.5 Å². The van der Waals surface area contributed by atoms with E-state index in [0.717, 1.165) is 43.5 Å². The summed E-state index contributed by atoms with van der Waals surface area (Å²) in [5, 5.41) is 17.5. The Kier molecular flexibility index (Phi) is 6.74. The Morgan fingerprint density at radius 2 is 2.07 bits per heavy atom. The molecule has 1 aliphatic rings. The average Bonchev–Trinajstić information content (AvgIpc) is 3.51. The molecule has 1 atom stereocenters. The van der Waals surface area contributed by atoms with E-state index in [1.165, 1.54) is 30.8 Å². The van der Waals surface area contributed by atoms with Crippen molar-refractivity contribution >= 4 is 22.9 Å². The van der Waals surface area contributed by atoms with Crippen LogP contribution in [0.5, 0.6) is 0 Å². The van der Waals surface area contributed by atoms with Gasteiger partial charge in [0.2, 0.25) is 0 Å². The van der Waals surface area contributed by atoms with Crippen LogP contribution >= 0.6 is 11.3 Å². The summed E-state index contributed by atoms with van der Waals surface area (Å²) in [4.78, 5) is 8.89. The van der Waals surface area contributed by atoms with Gasteiger partial charge < -0.3 is 10.6 Å². The van der Waals surface area contributed by atoms with E-state index in [1.54, 1.807) is 0 Å². The molecule has 0 spiro atoms. The van der Waals surface area contributed by atoms with Crippen molar-refractivity contribution in [2.45, 2.75) is 32.2 Å². The highest BCUT2D eigenvalue weighted by Crippen LogP contribution is 2.28. The van der Waals surface area contributed by atoms with Crippen molar-refractivity contribution in [2.24, 2.45) is 4.99 Å². The number of hydrogen-bond donors (Lipinski definition) is 2. The van der Waals surface area contributed by atoms with Crippen molar-refractivity contribution in [3.63, 3.8) is 0 Å². The topological polar surface area (TPSA) is 69.8 Å². The Hall–Kier alpha value is -2.45. The Morgan fingerprint density at radius 1 is 1.17 bits per heavy atom. The summed E-state index contributed by atoms with van der Waals surface area (Å²) in [6, 6.07) is 10.7. The van der Waals surface area contributed by atoms with Gasteiger partial charge in [0.05, 0.1) is 12.6 Å². The fourth-order valence-corrected chi connectivity index (χ4v) is 4.65. The van der Waals surface area contributed by atoms with Crippen LogP contribution in [0.25, 0.3) is 5.65 Å². The standard InChI is InChI=1S/C21H29N7S/c1-2-22-21(23-11-10-20-26-25-19-9-3-4-14-28(19)20)24-16-17(18-8-7-15-29-18)27-12-5-6-13-27/h3-4,7-9,14-15,17H,2,5-6,10-13,16H2,1H3,(H2,22,23,24). The van der Waals surface area contributed by atoms with E-state index in [2.05, 4.69) is 50.2 Å². The van der Waals surface area contributed by atoms with E-state index in [-0.39, 0.29) is 0 Å². The first-order chi connectivity index (χ1) is 14.3. The molecule has 0 aromatic carbocycles. The maximum absolute atomic E-state index is 4.91. The molecule has 0 radical (unpaired) electrons. The summed E-state index contributed by atoms with van der Waals surface area (Å²) in [6.07, 6.45) is 5.37. The first-order valence-corrected chi connectivity index (χ1v) is 11.3. The molecular weight excluding hydrogens is 382 g/mol. The molecule has 2 N–H and O–H groups in total. The van der Waals surface area contributed by atoms with Crippen molar-refractivity contribution in [1.29, 1.82) is 0 Å². The fourth-order valence-electron chi connectivity index (χ4n) is 3.79. The number of nitrogens with zero attached hydrogens (tertiary/aromatic N) is 5. The number of aliphatic imine (C=N–C) groups is 1. The molecule has 1 unspecified atom stereocenters. The molecule has 0 aliphatic carbocycles. The largest absolute Gasteiger partial charge is 0.357 e. The molecule has 8 heteroatoms. The van der Waals surface area contributed by atoms with Gasteiger partial charge in [0.15, 0.2) is 11.6 Å². The monoisotopic (exact) mass is 411 g/mol. The lowest BCUT2D eigenvalue weighted by atomic mass is 10.2. The lowest BCUT2D eigenvalue weighted by Gasteiger charge is -2.25. The van der Waals surface area contributed by atoms with Gasteiger partial charge >= 0.3 is 0 Å². The van der Waals surface area contributed by atoms with Gasteiger partial charge in [-0.2, -0.15) is 0 Å². The maximum atomic E-state index is 4.91. The minimum Gasteiger partial charge on any atom is -0.357 e. The number of nitrogens with one attached hydrogen (secondary N) is 2. The van der Waals surface area contributed by atoms with E-state index < -0.39 is 0 Å². The molecule has 1 aliphatic heterocycles. The molecule has 29 heavy (non-hydrogen) atoms. The van der Waals surface area contributed by atoms with Crippen LogP contribution in [-0.4, -0.2) is 58.2 Å². The maximum Gasteiger partial charge on any atom is 0.191 e. The van der Waals surface area contributed by atoms with Crippen LogP contribution in [0.4, 0.5) is 0 Å². The van der Waals surface area contributed by atoms with E-state index in [9.17, 15) is 0 Å². The molecule has 154 valence electrons. The normalized spacial score (nSPS) is 16.4. The van der Waals surface area contributed by atoms with E-state index in [4.69, 9.17) is 4.99 Å². The summed E-state index contributed by atoms with van der Waals surface area (Å²) >= 11 is 1.83. The first-order valence-electron chi connectivity index (χ1n) is 10.4. The van der Waals surface area contributed by atoms with Crippen LogP contribution in [0, 0.1) is 0 Å². The minimum atomic E-state index is 0.369. The Labute approximate surface area is 175 Å². The third-order valence-electron chi connectivity index (χ3n) is 5.24. The Balaban J connectivity index is 1.38. The highest BCUT2D eigenvalue weighted by atomic mass is 32.1. The van der Waals surface area contributed by atoms with Crippen LogP contribution in [0.2, 0.25) is 0 Å². The van der Waals surface area contributed by atoms with Crippen LogP contribution in [0.15, 0.2) is 46.9 Å². The van der Waals surface area contributed by atoms with Gasteiger partial charge in [0, 0.05) is 30.6 Å². The van der Waals surface area contributed by atoms with Gasteiger partial charge in [0.1, 0.15) is 5.82 Å². The third-order valence-corrected chi connectivity index (χ3v) is 6.22. The molecule has 3 aromatic heterocycles. The van der Waals surface area contributed by atoms with E-state index >= 15 is 0 Å². The van der Waals surface area contributed by atoms with Gasteiger partial charge in [0.25, 0.3) is 0 Å². The zero-order valence-corrected chi connectivity index (χ0v) is 17.7. The number of fused-ring (bicyclic) bond motifs is 1. The highest BCUT2D eigenvalue weighted by molar-refractivity contribution is 7.10. The third kappa shape index (κ3) is 4.94. The zero-order chi connectivity index (χ0) is 19.9. The van der Waals surface area contributed by atoms with Crippen molar-refractivity contribution in [2.75, 3.05) is 32.7 Å². The molecule has 1 fully saturated rings. The molecule has 0 bridgehead atoms. The van der Waals surface area contributed by atoms with Gasteiger partial charge in [-0.25, -0.2) is 0 Å². The summed E-state index contributed by atoms with van der Waals surface area (Å²) in [7, 11) is 0. The van der Waals surface area contributed by atoms with Crippen molar-refractivity contribution in [3.8, 4) is 0 Å². The number of hydrogen-bond acceptors (Lipinski definition) is 5. The lowest BCUT2D eigenvalue weighted by Crippen LogP contribution is -2.39. The predicted molar refractivity (Wildman–Crippen MR) is 119 cm³/mol. The highest BCUT2D eigenvalue weighted by Gasteiger charge is 2.24. The van der Waals surface area contributed by atoms with Crippen LogP contribution in [-0.2, 0) is 6.42 Å². The van der Waals surface area contributed by atoms with Gasteiger partial charge in [-0.05, 0) is 56.4 Å². The number of likely N-dealkylation sites (tertiary alicyclic amines) is 1. The number of aromatic nitrogens is 3. The molecule has 4 rings (SSSR count). The Morgan fingerprint density at radius 3 is 2.86 bits per heavy atom. The van der Waals surface area contributed by atoms with Gasteiger partial charge in [-0.3, -0.25) is 14.3 Å². The second-order valence-corrected chi connectivity index (χ2v) is 8.20. The number of thiophene rings is 1. The molecule has 7 nitrogen and oxygen atoms in total. The summed E-state index contributed by atoms with van der Waals surface area (Å²) in [5.41, 5.74) is 0.882. The average molecular weight is 412 g/mol. The van der Waals surface area contributed by atoms with E-state index in [0.29, 0.717) is 6.04 Å². The van der Waals surface area contributed by atoms with Crippen molar-refractivity contribution in [3.05, 3.63) is 52.6 Å².